The van der Waals surface area contributed by atoms with Gasteiger partial charge in [-0.1, -0.05) is 108 Å². The Morgan fingerprint density at radius 1 is 0.923 bits per heavy atom. The summed E-state index contributed by atoms with van der Waals surface area (Å²) >= 11 is 0. The third-order valence-electron chi connectivity index (χ3n) is 7.24. The van der Waals surface area contributed by atoms with Crippen LogP contribution in [-0.2, 0) is 14.0 Å². The molecule has 0 heterocycles. The number of nitrogens with one attached hydrogen (secondary N) is 1. The molecule has 218 valence electrons. The predicted octanol–water partition coefficient (Wildman–Crippen LogP) is 6.01. The summed E-state index contributed by atoms with van der Waals surface area (Å²) in [6, 6.07) is 20.7. The summed E-state index contributed by atoms with van der Waals surface area (Å²) in [4.78, 5) is 12.3. The summed E-state index contributed by atoms with van der Waals surface area (Å²) in [6.07, 6.45) is -2.37. The highest BCUT2D eigenvalue weighted by Gasteiger charge is 2.61. The normalized spacial score (nSPS) is 15.0. The van der Waals surface area contributed by atoms with Gasteiger partial charge in [-0.05, 0) is 48.0 Å². The number of hydrogen-bond acceptors (Lipinski definition) is 4. The lowest BCUT2D eigenvalue weighted by Gasteiger charge is -2.44. The number of benzene rings is 2. The Morgan fingerprint density at radius 3 is 1.90 bits per heavy atom. The van der Waals surface area contributed by atoms with Gasteiger partial charge < -0.3 is 9.16 Å². The van der Waals surface area contributed by atoms with E-state index in [9.17, 15) is 18.0 Å². The van der Waals surface area contributed by atoms with Gasteiger partial charge in [0, 0.05) is 12.7 Å². The van der Waals surface area contributed by atoms with Gasteiger partial charge in [-0.2, -0.15) is 13.2 Å². The van der Waals surface area contributed by atoms with E-state index in [1.165, 1.54) is 10.4 Å². The van der Waals surface area contributed by atoms with E-state index in [0.29, 0.717) is 32.1 Å². The van der Waals surface area contributed by atoms with Crippen molar-refractivity contribution in [3.63, 3.8) is 0 Å². The molecule has 0 unspecified atom stereocenters. The summed E-state index contributed by atoms with van der Waals surface area (Å²) in [7, 11) is -2.71. The Labute approximate surface area is 232 Å². The molecule has 1 amide bonds. The first-order valence-electron chi connectivity index (χ1n) is 13.9. The molecule has 0 aliphatic heterocycles. The van der Waals surface area contributed by atoms with Gasteiger partial charge in [-0.25, -0.2) is 5.84 Å². The Kier molecular flexibility index (Phi) is 12.2. The van der Waals surface area contributed by atoms with Crippen LogP contribution in [0.4, 0.5) is 13.2 Å². The van der Waals surface area contributed by atoms with Gasteiger partial charge in [0.05, 0.1) is 0 Å². The van der Waals surface area contributed by atoms with Crippen LogP contribution in [-0.4, -0.2) is 38.7 Å². The highest BCUT2D eigenvalue weighted by atomic mass is 28.4. The van der Waals surface area contributed by atoms with Gasteiger partial charge in [0.25, 0.3) is 14.2 Å². The SMILES string of the molecule is CCCCO[C@](CCCCC[C@H](C)O[Si](c1ccccc1)(c1ccccc1)C(C)(C)C)(C(=O)NN)C(F)(F)F. The van der Waals surface area contributed by atoms with Crippen molar-refractivity contribution in [3.05, 3.63) is 60.7 Å². The van der Waals surface area contributed by atoms with Crippen molar-refractivity contribution in [2.45, 2.75) is 102 Å². The van der Waals surface area contributed by atoms with Crippen LogP contribution in [0.5, 0.6) is 0 Å². The van der Waals surface area contributed by atoms with Gasteiger partial charge >= 0.3 is 6.18 Å². The summed E-state index contributed by atoms with van der Waals surface area (Å²) in [5.41, 5.74) is -1.27. The number of nitrogens with two attached hydrogens (primary N) is 1. The van der Waals surface area contributed by atoms with Crippen LogP contribution in [0.25, 0.3) is 0 Å². The minimum absolute atomic E-state index is 0.114. The maximum atomic E-state index is 14.0. The molecular formula is C30H45F3N2O3Si. The molecule has 2 aromatic rings. The zero-order valence-electron chi connectivity index (χ0n) is 23.9. The van der Waals surface area contributed by atoms with Gasteiger partial charge in [0.15, 0.2) is 0 Å². The molecule has 0 saturated heterocycles. The van der Waals surface area contributed by atoms with E-state index in [4.69, 9.17) is 15.0 Å². The Hall–Kier alpha value is -2.20. The van der Waals surface area contributed by atoms with E-state index >= 15 is 0 Å². The molecule has 9 heteroatoms. The second kappa shape index (κ2) is 14.4. The number of amides is 1. The minimum Gasteiger partial charge on any atom is -0.405 e. The Morgan fingerprint density at radius 2 is 1.46 bits per heavy atom. The fourth-order valence-electron chi connectivity index (χ4n) is 5.15. The summed E-state index contributed by atoms with van der Waals surface area (Å²) in [5.74, 6) is 3.77. The molecule has 0 fully saturated rings. The highest BCUT2D eigenvalue weighted by Crippen LogP contribution is 2.40. The van der Waals surface area contributed by atoms with Gasteiger partial charge in [0.1, 0.15) is 0 Å². The molecule has 39 heavy (non-hydrogen) atoms. The minimum atomic E-state index is -4.87. The quantitative estimate of drug-likeness (QED) is 0.0911. The van der Waals surface area contributed by atoms with Crippen LogP contribution >= 0.6 is 0 Å². The predicted molar refractivity (Wildman–Crippen MR) is 153 cm³/mol. The average molecular weight is 567 g/mol. The molecule has 2 aromatic carbocycles. The van der Waals surface area contributed by atoms with Gasteiger partial charge in [0.2, 0.25) is 5.60 Å². The summed E-state index contributed by atoms with van der Waals surface area (Å²) in [6.45, 7) is 10.4. The topological polar surface area (TPSA) is 73.6 Å². The standard InChI is InChI=1S/C30H45F3N2O3Si/c1-6-7-23-37-29(27(36)35-34,30(31,32)33)22-16-10-11-17-24(2)38-39(28(3,4)5,25-18-12-8-13-19-25)26-20-14-9-15-21-26/h8-9,12-15,18-21,24H,6-7,10-11,16-17,22-23,34H2,1-5H3,(H,35,36)/t24-,29+/m0/s1. The number of carbonyl (C=O) groups excluding carboxylic acids is 1. The largest absolute Gasteiger partial charge is 0.426 e. The third-order valence-corrected chi connectivity index (χ3v) is 12.4. The fraction of sp³-hybridized carbons (Fsp3) is 0.567. The van der Waals surface area contributed by atoms with Crippen molar-refractivity contribution in [1.82, 2.24) is 5.43 Å². The molecule has 2 rings (SSSR count). The van der Waals surface area contributed by atoms with Crippen LogP contribution < -0.4 is 21.6 Å². The zero-order valence-corrected chi connectivity index (χ0v) is 24.9. The van der Waals surface area contributed by atoms with Gasteiger partial charge in [-0.15, -0.1) is 0 Å². The van der Waals surface area contributed by atoms with Crippen LogP contribution in [0.3, 0.4) is 0 Å². The molecule has 0 bridgehead atoms. The maximum absolute atomic E-state index is 14.0. The second-order valence-electron chi connectivity index (χ2n) is 11.2. The molecule has 0 aliphatic rings. The number of unbranched alkanes of at least 4 members (excludes halogenated alkanes) is 3. The number of rotatable bonds is 15. The van der Waals surface area contributed by atoms with Gasteiger partial charge in [-0.3, -0.25) is 10.2 Å². The molecule has 3 N–H and O–H groups in total. The van der Waals surface area contributed by atoms with E-state index in [1.807, 2.05) is 50.2 Å². The lowest BCUT2D eigenvalue weighted by atomic mass is 9.93. The zero-order chi connectivity index (χ0) is 29.2. The molecule has 5 nitrogen and oxygen atoms in total. The Bertz CT molecular complexity index is 961. The van der Waals surface area contributed by atoms with Crippen molar-refractivity contribution in [3.8, 4) is 0 Å². The van der Waals surface area contributed by atoms with Crippen LogP contribution in [0.2, 0.25) is 5.04 Å². The third kappa shape index (κ3) is 7.93. The number of halogens is 3. The first kappa shape index (κ1) is 33.0. The molecule has 2 atom stereocenters. The maximum Gasteiger partial charge on any atom is 0.426 e. The van der Waals surface area contributed by atoms with E-state index in [1.54, 1.807) is 5.43 Å². The Balaban J connectivity index is 2.15. The molecular weight excluding hydrogens is 521 g/mol. The van der Waals surface area contributed by atoms with Crippen molar-refractivity contribution in [2.75, 3.05) is 6.61 Å². The number of hydrazine groups is 1. The van der Waals surface area contributed by atoms with Crippen molar-refractivity contribution < 1.29 is 27.1 Å². The average Bonchev–Trinajstić information content (AvgIpc) is 2.89. The molecule has 0 aliphatic carbocycles. The molecule has 0 radical (unpaired) electrons. The van der Waals surface area contributed by atoms with Crippen LogP contribution in [0.1, 0.15) is 79.6 Å². The monoisotopic (exact) mass is 566 g/mol. The van der Waals surface area contributed by atoms with E-state index in [-0.39, 0.29) is 24.2 Å². The molecule has 0 spiro atoms. The number of alkyl halides is 3. The lowest BCUT2D eigenvalue weighted by molar-refractivity contribution is -0.270. The van der Waals surface area contributed by atoms with Crippen molar-refractivity contribution in [2.24, 2.45) is 5.84 Å². The second-order valence-corrected chi connectivity index (χ2v) is 15.4. The summed E-state index contributed by atoms with van der Waals surface area (Å²) in [5, 5.41) is 2.20. The number of ether oxygens (including phenoxy) is 1. The van der Waals surface area contributed by atoms with Crippen molar-refractivity contribution >= 4 is 24.6 Å². The lowest BCUT2D eigenvalue weighted by Crippen LogP contribution is -2.67. The first-order valence-corrected chi connectivity index (χ1v) is 15.8. The first-order chi connectivity index (χ1) is 18.4. The molecule has 0 saturated carbocycles. The highest BCUT2D eigenvalue weighted by molar-refractivity contribution is 6.99. The van der Waals surface area contributed by atoms with E-state index in [2.05, 4.69) is 45.0 Å². The smallest absolute Gasteiger partial charge is 0.405 e. The van der Waals surface area contributed by atoms with E-state index < -0.39 is 32.4 Å². The van der Waals surface area contributed by atoms with Crippen LogP contribution in [0, 0.1) is 0 Å². The van der Waals surface area contributed by atoms with Crippen molar-refractivity contribution in [1.29, 1.82) is 0 Å². The van der Waals surface area contributed by atoms with Crippen LogP contribution in [0.15, 0.2) is 60.7 Å². The van der Waals surface area contributed by atoms with E-state index in [0.717, 1.165) is 0 Å². The summed E-state index contributed by atoms with van der Waals surface area (Å²) < 4.78 is 54.4. The molecule has 0 aromatic heterocycles. The number of carbonyl (C=O) groups is 1. The number of hydrogen-bond donors (Lipinski definition) is 2. The fourth-order valence-corrected chi connectivity index (χ4v) is 9.88.